The molecule has 0 aliphatic carbocycles. The number of rotatable bonds is 5. The van der Waals surface area contributed by atoms with Crippen LogP contribution in [0.25, 0.3) is 22.2 Å². The molecule has 3 rings (SSSR count). The highest BCUT2D eigenvalue weighted by atomic mass is 32.2. The van der Waals surface area contributed by atoms with Gasteiger partial charge >= 0.3 is 11.2 Å². The van der Waals surface area contributed by atoms with Crippen LogP contribution in [0, 0.1) is 0 Å². The summed E-state index contributed by atoms with van der Waals surface area (Å²) in [4.78, 5) is 12.0. The number of ether oxygens (including phenoxy) is 1. The minimum Gasteiger partial charge on any atom is -0.461 e. The molecule has 0 spiro atoms. The molecule has 3 nitrogen and oxygen atoms in total. The van der Waals surface area contributed by atoms with Gasteiger partial charge in [-0.2, -0.15) is 8.78 Å². The van der Waals surface area contributed by atoms with Gasteiger partial charge in [0.15, 0.2) is 0 Å². The number of hydrogen-bond donors (Lipinski definition) is 0. The Balaban J connectivity index is 2.18. The van der Waals surface area contributed by atoms with E-state index in [2.05, 4.69) is 4.74 Å². The van der Waals surface area contributed by atoms with Crippen molar-refractivity contribution in [3.05, 3.63) is 54.6 Å². The Morgan fingerprint density at radius 3 is 2.44 bits per heavy atom. The van der Waals surface area contributed by atoms with Gasteiger partial charge in [0.25, 0.3) is 0 Å². The summed E-state index contributed by atoms with van der Waals surface area (Å²) in [7, 11) is 1.83. The van der Waals surface area contributed by atoms with Crippen molar-refractivity contribution in [2.24, 2.45) is 7.05 Å². The number of alkyl halides is 2. The predicted octanol–water partition coefficient (Wildman–Crippen LogP) is 5.09. The number of carbonyl (C=O) groups is 1. The summed E-state index contributed by atoms with van der Waals surface area (Å²) in [6, 6.07) is 16.6. The second-order valence-electron chi connectivity index (χ2n) is 5.46. The third kappa shape index (κ3) is 3.26. The Kier molecular flexibility index (Phi) is 4.81. The molecule has 3 aromatic rings. The molecule has 0 unspecified atom stereocenters. The second-order valence-corrected chi connectivity index (χ2v) is 6.58. The van der Waals surface area contributed by atoms with Crippen molar-refractivity contribution >= 4 is 28.6 Å². The number of halogens is 2. The van der Waals surface area contributed by atoms with Gasteiger partial charge in [0, 0.05) is 22.8 Å². The number of thioether (sulfide) groups is 1. The van der Waals surface area contributed by atoms with Crippen LogP contribution in [0.2, 0.25) is 0 Å². The molecule has 0 atom stereocenters. The summed E-state index contributed by atoms with van der Waals surface area (Å²) in [6.45, 7) is 1.42. The fraction of sp³-hybridized carbons (Fsp3) is 0.211. The molecular weight excluding hydrogens is 344 g/mol. The van der Waals surface area contributed by atoms with Crippen molar-refractivity contribution in [3.63, 3.8) is 0 Å². The highest BCUT2D eigenvalue weighted by molar-refractivity contribution is 8.01. The number of aromatic nitrogens is 1. The number of benzene rings is 2. The summed E-state index contributed by atoms with van der Waals surface area (Å²) < 4.78 is 35.2. The van der Waals surface area contributed by atoms with Gasteiger partial charge in [0.05, 0.1) is 12.3 Å². The van der Waals surface area contributed by atoms with Crippen molar-refractivity contribution in [2.45, 2.75) is 17.1 Å². The number of esters is 1. The molecule has 0 bridgehead atoms. The summed E-state index contributed by atoms with van der Waals surface area (Å²) in [6.07, 6.45) is 0. The summed E-state index contributed by atoms with van der Waals surface area (Å²) >= 11 is 0.237. The zero-order valence-electron chi connectivity index (χ0n) is 13.8. The molecule has 0 fully saturated rings. The van der Waals surface area contributed by atoms with Crippen LogP contribution < -0.4 is 0 Å². The lowest BCUT2D eigenvalue weighted by Crippen LogP contribution is -2.27. The Labute approximate surface area is 148 Å². The monoisotopic (exact) mass is 361 g/mol. The molecule has 6 heteroatoms. The van der Waals surface area contributed by atoms with Crippen molar-refractivity contribution in [1.29, 1.82) is 0 Å². The van der Waals surface area contributed by atoms with E-state index in [1.807, 2.05) is 54.1 Å². The van der Waals surface area contributed by atoms with Crippen LogP contribution >= 0.6 is 11.8 Å². The minimum absolute atomic E-state index is 0.0872. The Hall–Kier alpha value is -2.34. The number of nitrogens with zero attached hydrogens (tertiary/aromatic N) is 1. The van der Waals surface area contributed by atoms with Gasteiger partial charge in [-0.1, -0.05) is 48.5 Å². The van der Waals surface area contributed by atoms with Crippen LogP contribution in [0.5, 0.6) is 0 Å². The van der Waals surface area contributed by atoms with Crippen LogP contribution in [0.15, 0.2) is 59.5 Å². The molecule has 2 aromatic carbocycles. The smallest absolute Gasteiger partial charge is 0.393 e. The average molecular weight is 361 g/mol. The van der Waals surface area contributed by atoms with Crippen LogP contribution in [-0.2, 0) is 16.6 Å². The first-order valence-electron chi connectivity index (χ1n) is 7.82. The van der Waals surface area contributed by atoms with Gasteiger partial charge in [-0.05, 0) is 30.3 Å². The van der Waals surface area contributed by atoms with Crippen molar-refractivity contribution < 1.29 is 18.3 Å². The van der Waals surface area contributed by atoms with Crippen molar-refractivity contribution in [3.8, 4) is 11.3 Å². The van der Waals surface area contributed by atoms with Crippen LogP contribution in [0.4, 0.5) is 8.78 Å². The van der Waals surface area contributed by atoms with E-state index in [-0.39, 0.29) is 18.4 Å². The van der Waals surface area contributed by atoms with E-state index in [4.69, 9.17) is 0 Å². The molecule has 0 N–H and O–H groups in total. The fourth-order valence-electron chi connectivity index (χ4n) is 2.77. The Morgan fingerprint density at radius 1 is 1.12 bits per heavy atom. The summed E-state index contributed by atoms with van der Waals surface area (Å²) in [5.74, 6) is -1.52. The van der Waals surface area contributed by atoms with Gasteiger partial charge in [0.1, 0.15) is 0 Å². The number of fused-ring (bicyclic) bond motifs is 1. The lowest BCUT2D eigenvalue weighted by atomic mass is 10.1. The largest absolute Gasteiger partial charge is 0.461 e. The Morgan fingerprint density at radius 2 is 1.76 bits per heavy atom. The lowest BCUT2D eigenvalue weighted by molar-refractivity contribution is -0.159. The zero-order valence-corrected chi connectivity index (χ0v) is 14.6. The van der Waals surface area contributed by atoms with Crippen LogP contribution in [0.3, 0.4) is 0 Å². The second kappa shape index (κ2) is 6.88. The van der Waals surface area contributed by atoms with E-state index in [1.54, 1.807) is 12.1 Å². The van der Waals surface area contributed by atoms with Crippen molar-refractivity contribution in [1.82, 2.24) is 4.57 Å². The molecule has 0 saturated carbocycles. The molecule has 1 heterocycles. The van der Waals surface area contributed by atoms with Crippen molar-refractivity contribution in [2.75, 3.05) is 6.61 Å². The molecular formula is C19H17F2NO2S. The van der Waals surface area contributed by atoms with Gasteiger partial charge in [-0.3, -0.25) is 0 Å². The highest BCUT2D eigenvalue weighted by Crippen LogP contribution is 2.46. The standard InChI is InChI=1S/C19H17F2NO2S/c1-3-24-18(23)19(20,21)25-17-14-11-7-8-12-15(14)22(2)16(17)13-9-5-4-6-10-13/h4-12H,3H2,1-2H3. The van der Waals surface area contributed by atoms with Crippen LogP contribution in [-0.4, -0.2) is 22.4 Å². The van der Waals surface area contributed by atoms with E-state index in [9.17, 15) is 13.6 Å². The molecule has 0 saturated heterocycles. The van der Waals surface area contributed by atoms with E-state index in [1.165, 1.54) is 6.92 Å². The minimum atomic E-state index is -3.66. The summed E-state index contributed by atoms with van der Waals surface area (Å²) in [5.41, 5.74) is 2.28. The lowest BCUT2D eigenvalue weighted by Gasteiger charge is -2.15. The molecule has 0 amide bonds. The molecule has 0 radical (unpaired) electrons. The quantitative estimate of drug-likeness (QED) is 0.468. The molecule has 25 heavy (non-hydrogen) atoms. The maximum Gasteiger partial charge on any atom is 0.393 e. The number of para-hydroxylation sites is 1. The first-order chi connectivity index (χ1) is 12.0. The number of hydrogen-bond acceptors (Lipinski definition) is 3. The first-order valence-corrected chi connectivity index (χ1v) is 8.64. The van der Waals surface area contributed by atoms with E-state index >= 15 is 0 Å². The topological polar surface area (TPSA) is 31.2 Å². The molecule has 1 aromatic heterocycles. The molecule has 0 aliphatic heterocycles. The normalized spacial score (nSPS) is 11.7. The molecule has 0 aliphatic rings. The third-order valence-corrected chi connectivity index (χ3v) is 4.89. The van der Waals surface area contributed by atoms with E-state index < -0.39 is 11.2 Å². The van der Waals surface area contributed by atoms with E-state index in [0.717, 1.165) is 11.1 Å². The summed E-state index contributed by atoms with van der Waals surface area (Å²) in [5, 5.41) is -2.98. The first kappa shape index (κ1) is 17.5. The molecule has 130 valence electrons. The van der Waals surface area contributed by atoms with Gasteiger partial charge in [-0.25, -0.2) is 4.79 Å². The van der Waals surface area contributed by atoms with Crippen LogP contribution in [0.1, 0.15) is 6.92 Å². The number of carbonyl (C=O) groups excluding carboxylic acids is 1. The van der Waals surface area contributed by atoms with Gasteiger partial charge in [-0.15, -0.1) is 0 Å². The van der Waals surface area contributed by atoms with Gasteiger partial charge < -0.3 is 9.30 Å². The highest BCUT2D eigenvalue weighted by Gasteiger charge is 2.43. The van der Waals surface area contributed by atoms with Gasteiger partial charge in [0.2, 0.25) is 0 Å². The third-order valence-electron chi connectivity index (χ3n) is 3.85. The SMILES string of the molecule is CCOC(=O)C(F)(F)Sc1c(-c2ccccc2)n(C)c2ccccc12. The predicted molar refractivity (Wildman–Crippen MR) is 95.8 cm³/mol. The maximum atomic E-state index is 14.4. The zero-order chi connectivity index (χ0) is 18.0. The number of aryl methyl sites for hydroxylation is 1. The van der Waals surface area contributed by atoms with E-state index in [0.29, 0.717) is 16.0 Å². The average Bonchev–Trinajstić information content (AvgIpc) is 2.88. The fourth-order valence-corrected chi connectivity index (χ4v) is 3.80. The maximum absolute atomic E-state index is 14.4. The Bertz CT molecular complexity index is 906.